The molecule has 0 aliphatic carbocycles. The first-order chi connectivity index (χ1) is 7.61. The van der Waals surface area contributed by atoms with Crippen molar-refractivity contribution in [2.45, 2.75) is 26.7 Å². The molecule has 1 aromatic rings. The van der Waals surface area contributed by atoms with Crippen molar-refractivity contribution in [3.63, 3.8) is 0 Å². The average Bonchev–Trinajstić information content (AvgIpc) is 2.29. The number of anilines is 1. The molecular weight excluding hydrogens is 202 g/mol. The molecule has 0 saturated carbocycles. The van der Waals surface area contributed by atoms with Crippen LogP contribution in [0.5, 0.6) is 0 Å². The van der Waals surface area contributed by atoms with Crippen LogP contribution in [-0.2, 0) is 0 Å². The fourth-order valence-corrected chi connectivity index (χ4v) is 1.87. The van der Waals surface area contributed by atoms with E-state index in [0.29, 0.717) is 11.0 Å². The minimum absolute atomic E-state index is 0.430. The second-order valence-corrected chi connectivity index (χ2v) is 5.09. The Balaban J connectivity index is 2.05. The molecule has 1 aliphatic heterocycles. The Morgan fingerprint density at radius 1 is 1.25 bits per heavy atom. The van der Waals surface area contributed by atoms with Gasteiger partial charge in [0.15, 0.2) is 6.29 Å². The quantitative estimate of drug-likeness (QED) is 0.713. The molecule has 0 radical (unpaired) electrons. The Labute approximate surface area is 95.7 Å². The van der Waals surface area contributed by atoms with Crippen molar-refractivity contribution in [1.29, 1.82) is 0 Å². The van der Waals surface area contributed by atoms with Crippen molar-refractivity contribution in [3.8, 4) is 0 Å². The van der Waals surface area contributed by atoms with Crippen molar-refractivity contribution in [2.24, 2.45) is 5.41 Å². The molecule has 1 fully saturated rings. The number of rotatable bonds is 2. The van der Waals surface area contributed by atoms with Gasteiger partial charge >= 0.3 is 0 Å². The first-order valence-electron chi connectivity index (χ1n) is 5.63. The van der Waals surface area contributed by atoms with Crippen LogP contribution in [0.1, 0.15) is 37.0 Å². The van der Waals surface area contributed by atoms with Gasteiger partial charge in [-0.3, -0.25) is 4.79 Å². The first kappa shape index (κ1) is 11.0. The average molecular weight is 219 g/mol. The smallest absolute Gasteiger partial charge is 0.225 e. The van der Waals surface area contributed by atoms with Crippen LogP contribution in [0.25, 0.3) is 0 Å². The lowest BCUT2D eigenvalue weighted by molar-refractivity contribution is 0.112. The van der Waals surface area contributed by atoms with Crippen LogP contribution in [0.3, 0.4) is 0 Å². The van der Waals surface area contributed by atoms with Crippen LogP contribution in [0.4, 0.5) is 5.95 Å². The number of aromatic nitrogens is 2. The lowest BCUT2D eigenvalue weighted by atomic mass is 9.83. The molecule has 1 saturated heterocycles. The molecule has 2 rings (SSSR count). The lowest BCUT2D eigenvalue weighted by Gasteiger charge is -2.36. The van der Waals surface area contributed by atoms with Crippen molar-refractivity contribution in [1.82, 2.24) is 9.97 Å². The van der Waals surface area contributed by atoms with Crippen LogP contribution in [0.15, 0.2) is 12.4 Å². The van der Waals surface area contributed by atoms with Crippen molar-refractivity contribution >= 4 is 12.2 Å². The van der Waals surface area contributed by atoms with Crippen molar-refractivity contribution < 1.29 is 4.79 Å². The SMILES string of the molecule is CC1(C)CCN(c2ncc(C=O)cn2)CC1. The molecule has 0 bridgehead atoms. The Morgan fingerprint density at radius 3 is 2.31 bits per heavy atom. The molecule has 1 aromatic heterocycles. The molecule has 0 N–H and O–H groups in total. The molecule has 0 atom stereocenters. The second kappa shape index (κ2) is 4.20. The summed E-state index contributed by atoms with van der Waals surface area (Å²) in [5.74, 6) is 0.737. The number of hydrogen-bond donors (Lipinski definition) is 0. The predicted molar refractivity (Wildman–Crippen MR) is 62.6 cm³/mol. The highest BCUT2D eigenvalue weighted by Crippen LogP contribution is 2.30. The van der Waals surface area contributed by atoms with Gasteiger partial charge in [0, 0.05) is 25.5 Å². The number of carbonyl (C=O) groups excluding carboxylic acids is 1. The summed E-state index contributed by atoms with van der Waals surface area (Å²) in [5, 5.41) is 0. The zero-order valence-corrected chi connectivity index (χ0v) is 9.81. The van der Waals surface area contributed by atoms with Gasteiger partial charge in [0.25, 0.3) is 0 Å². The van der Waals surface area contributed by atoms with E-state index >= 15 is 0 Å². The summed E-state index contributed by atoms with van der Waals surface area (Å²) in [6.45, 7) is 6.57. The molecule has 0 spiro atoms. The summed E-state index contributed by atoms with van der Waals surface area (Å²) in [6.07, 6.45) is 6.24. The van der Waals surface area contributed by atoms with Crippen LogP contribution in [0.2, 0.25) is 0 Å². The molecule has 16 heavy (non-hydrogen) atoms. The second-order valence-electron chi connectivity index (χ2n) is 5.09. The van der Waals surface area contributed by atoms with Crippen molar-refractivity contribution in [3.05, 3.63) is 18.0 Å². The van der Waals surface area contributed by atoms with E-state index in [-0.39, 0.29) is 0 Å². The van der Waals surface area contributed by atoms with E-state index in [4.69, 9.17) is 0 Å². The number of hydrogen-bond acceptors (Lipinski definition) is 4. The third-order valence-electron chi connectivity index (χ3n) is 3.19. The van der Waals surface area contributed by atoms with Crippen LogP contribution in [-0.4, -0.2) is 29.3 Å². The zero-order valence-electron chi connectivity index (χ0n) is 9.81. The molecule has 86 valence electrons. The van der Waals surface area contributed by atoms with E-state index in [1.807, 2.05) is 0 Å². The molecule has 0 amide bonds. The highest BCUT2D eigenvalue weighted by molar-refractivity contribution is 5.73. The van der Waals surface area contributed by atoms with E-state index in [1.54, 1.807) is 12.4 Å². The highest BCUT2D eigenvalue weighted by Gasteiger charge is 2.26. The largest absolute Gasteiger partial charge is 0.341 e. The monoisotopic (exact) mass is 219 g/mol. The highest BCUT2D eigenvalue weighted by atomic mass is 16.1. The van der Waals surface area contributed by atoms with Gasteiger partial charge in [-0.25, -0.2) is 9.97 Å². The molecule has 1 aliphatic rings. The minimum Gasteiger partial charge on any atom is -0.341 e. The standard InChI is InChI=1S/C12H17N3O/c1-12(2)3-5-15(6-4-12)11-13-7-10(9-16)8-14-11/h7-9H,3-6H2,1-2H3. The molecule has 2 heterocycles. The summed E-state index contributed by atoms with van der Waals surface area (Å²) in [5.41, 5.74) is 0.959. The predicted octanol–water partition coefficient (Wildman–Crippen LogP) is 1.92. The summed E-state index contributed by atoms with van der Waals surface area (Å²) >= 11 is 0. The van der Waals surface area contributed by atoms with E-state index in [9.17, 15) is 4.79 Å². The minimum atomic E-state index is 0.430. The van der Waals surface area contributed by atoms with Gasteiger partial charge in [0.05, 0.1) is 5.56 Å². The number of nitrogens with zero attached hydrogens (tertiary/aromatic N) is 3. The Bertz CT molecular complexity index is 362. The maximum absolute atomic E-state index is 10.5. The number of carbonyl (C=O) groups is 1. The molecule has 4 heteroatoms. The van der Waals surface area contributed by atoms with Gasteiger partial charge in [-0.1, -0.05) is 13.8 Å². The third-order valence-corrected chi connectivity index (χ3v) is 3.19. The fourth-order valence-electron chi connectivity index (χ4n) is 1.87. The normalized spacial score (nSPS) is 19.5. The summed E-state index contributed by atoms with van der Waals surface area (Å²) in [7, 11) is 0. The van der Waals surface area contributed by atoms with Crippen LogP contribution in [0, 0.1) is 5.41 Å². The third kappa shape index (κ3) is 2.38. The van der Waals surface area contributed by atoms with Crippen LogP contribution >= 0.6 is 0 Å². The van der Waals surface area contributed by atoms with Gasteiger partial charge in [-0.05, 0) is 18.3 Å². The topological polar surface area (TPSA) is 46.1 Å². The van der Waals surface area contributed by atoms with Gasteiger partial charge < -0.3 is 4.90 Å². The van der Waals surface area contributed by atoms with E-state index < -0.39 is 0 Å². The van der Waals surface area contributed by atoms with E-state index in [2.05, 4.69) is 28.7 Å². The van der Waals surface area contributed by atoms with E-state index in [1.165, 1.54) is 0 Å². The van der Waals surface area contributed by atoms with Gasteiger partial charge in [0.2, 0.25) is 5.95 Å². The summed E-state index contributed by atoms with van der Waals surface area (Å²) in [6, 6.07) is 0. The van der Waals surface area contributed by atoms with Crippen LogP contribution < -0.4 is 4.90 Å². The molecule has 0 unspecified atom stereocenters. The van der Waals surface area contributed by atoms with Crippen molar-refractivity contribution in [2.75, 3.05) is 18.0 Å². The number of aldehydes is 1. The maximum Gasteiger partial charge on any atom is 0.225 e. The fraction of sp³-hybridized carbons (Fsp3) is 0.583. The summed E-state index contributed by atoms with van der Waals surface area (Å²) < 4.78 is 0. The lowest BCUT2D eigenvalue weighted by Crippen LogP contribution is -2.38. The Kier molecular flexibility index (Phi) is 2.90. The molecular formula is C12H17N3O. The van der Waals surface area contributed by atoms with Gasteiger partial charge in [-0.2, -0.15) is 0 Å². The first-order valence-corrected chi connectivity index (χ1v) is 5.63. The Hall–Kier alpha value is -1.45. The zero-order chi connectivity index (χ0) is 11.6. The van der Waals surface area contributed by atoms with Gasteiger partial charge in [-0.15, -0.1) is 0 Å². The Morgan fingerprint density at radius 2 is 1.81 bits per heavy atom. The molecule has 0 aromatic carbocycles. The summed E-state index contributed by atoms with van der Waals surface area (Å²) in [4.78, 5) is 21.1. The van der Waals surface area contributed by atoms with Gasteiger partial charge in [0.1, 0.15) is 0 Å². The molecule has 4 nitrogen and oxygen atoms in total. The maximum atomic E-state index is 10.5. The van der Waals surface area contributed by atoms with E-state index in [0.717, 1.165) is 38.2 Å². The number of piperidine rings is 1.